The van der Waals surface area contributed by atoms with Gasteiger partial charge in [-0.2, -0.15) is 11.8 Å². The fourth-order valence-corrected chi connectivity index (χ4v) is 4.43. The van der Waals surface area contributed by atoms with Gasteiger partial charge in [-0.05, 0) is 30.3 Å². The topological polar surface area (TPSA) is 21.3 Å². The van der Waals surface area contributed by atoms with E-state index in [4.69, 9.17) is 4.74 Å². The Bertz CT molecular complexity index is 308. The molecule has 0 aromatic carbocycles. The van der Waals surface area contributed by atoms with Crippen LogP contribution in [0.15, 0.2) is 6.07 Å². The summed E-state index contributed by atoms with van der Waals surface area (Å²) in [5, 5.41) is 3.49. The van der Waals surface area contributed by atoms with Gasteiger partial charge in [-0.15, -0.1) is 11.3 Å². The first-order valence-corrected chi connectivity index (χ1v) is 7.73. The third kappa shape index (κ3) is 2.80. The first kappa shape index (κ1) is 12.4. The van der Waals surface area contributed by atoms with Gasteiger partial charge >= 0.3 is 0 Å². The molecular formula is C12H19NOS2. The van der Waals surface area contributed by atoms with E-state index in [9.17, 15) is 0 Å². The summed E-state index contributed by atoms with van der Waals surface area (Å²) >= 11 is 4.01. The van der Waals surface area contributed by atoms with Crippen LogP contribution in [0.5, 0.6) is 0 Å². The molecule has 0 saturated heterocycles. The number of thiophene rings is 1. The monoisotopic (exact) mass is 257 g/mol. The second-order valence-electron chi connectivity index (χ2n) is 3.97. The number of hydrogen-bond acceptors (Lipinski definition) is 4. The Morgan fingerprint density at radius 2 is 2.44 bits per heavy atom. The lowest BCUT2D eigenvalue weighted by atomic mass is 10.2. The number of fused-ring (bicyclic) bond motifs is 1. The molecule has 1 aliphatic rings. The van der Waals surface area contributed by atoms with Gasteiger partial charge in [0.2, 0.25) is 0 Å². The highest BCUT2D eigenvalue weighted by Crippen LogP contribution is 2.34. The molecule has 0 aliphatic carbocycles. The predicted molar refractivity (Wildman–Crippen MR) is 72.5 cm³/mol. The molecule has 1 aromatic heterocycles. The molecule has 2 nitrogen and oxygen atoms in total. The fraction of sp³-hybridized carbons (Fsp3) is 0.667. The van der Waals surface area contributed by atoms with E-state index in [0.717, 1.165) is 13.2 Å². The van der Waals surface area contributed by atoms with E-state index in [0.29, 0.717) is 6.04 Å². The fourth-order valence-electron chi connectivity index (χ4n) is 2.00. The molecule has 0 bridgehead atoms. The molecular weight excluding hydrogens is 238 g/mol. The minimum Gasteiger partial charge on any atom is -0.383 e. The zero-order valence-corrected chi connectivity index (χ0v) is 11.5. The van der Waals surface area contributed by atoms with Gasteiger partial charge in [0, 0.05) is 22.6 Å². The number of aryl methyl sites for hydroxylation is 1. The second kappa shape index (κ2) is 6.05. The van der Waals surface area contributed by atoms with Crippen molar-refractivity contribution in [3.05, 3.63) is 21.4 Å². The first-order valence-electron chi connectivity index (χ1n) is 5.76. The Labute approximate surface area is 106 Å². The van der Waals surface area contributed by atoms with Crippen LogP contribution in [-0.4, -0.2) is 26.0 Å². The standard InChI is InChI=1S/C12H19NOS2/c1-3-13-10(7-14-2)12-6-9-8-15-5-4-11(9)16-12/h6,10,13H,3-5,7-8H2,1-2H3. The minimum absolute atomic E-state index is 0.371. The number of ether oxygens (including phenoxy) is 1. The van der Waals surface area contributed by atoms with Crippen molar-refractivity contribution in [3.8, 4) is 0 Å². The highest BCUT2D eigenvalue weighted by atomic mass is 32.2. The van der Waals surface area contributed by atoms with Gasteiger partial charge in [0.05, 0.1) is 12.6 Å². The third-order valence-electron chi connectivity index (χ3n) is 2.77. The lowest BCUT2D eigenvalue weighted by Gasteiger charge is -2.14. The van der Waals surface area contributed by atoms with E-state index < -0.39 is 0 Å². The van der Waals surface area contributed by atoms with Crippen molar-refractivity contribution in [2.24, 2.45) is 0 Å². The summed E-state index contributed by atoms with van der Waals surface area (Å²) in [6.07, 6.45) is 1.25. The first-order chi connectivity index (χ1) is 7.85. The number of thioether (sulfide) groups is 1. The summed E-state index contributed by atoms with van der Waals surface area (Å²) in [6.45, 7) is 3.90. The van der Waals surface area contributed by atoms with Gasteiger partial charge in [-0.25, -0.2) is 0 Å². The Kier molecular flexibility index (Phi) is 4.70. The van der Waals surface area contributed by atoms with Gasteiger partial charge in [-0.3, -0.25) is 0 Å². The summed E-state index contributed by atoms with van der Waals surface area (Å²) < 4.78 is 5.28. The molecule has 1 N–H and O–H groups in total. The second-order valence-corrected chi connectivity index (χ2v) is 6.24. The Balaban J connectivity index is 2.14. The van der Waals surface area contributed by atoms with Crippen LogP contribution in [0.3, 0.4) is 0 Å². The summed E-state index contributed by atoms with van der Waals surface area (Å²) in [5.74, 6) is 2.47. The van der Waals surface area contributed by atoms with Crippen LogP contribution in [-0.2, 0) is 16.9 Å². The molecule has 4 heteroatoms. The van der Waals surface area contributed by atoms with Crippen LogP contribution in [0, 0.1) is 0 Å². The van der Waals surface area contributed by atoms with Crippen molar-refractivity contribution in [1.82, 2.24) is 5.32 Å². The molecule has 0 saturated carbocycles. The molecule has 1 aliphatic heterocycles. The lowest BCUT2D eigenvalue weighted by Crippen LogP contribution is -2.23. The molecule has 0 fully saturated rings. The molecule has 0 spiro atoms. The van der Waals surface area contributed by atoms with Crippen molar-refractivity contribution >= 4 is 23.1 Å². The maximum absolute atomic E-state index is 5.28. The van der Waals surface area contributed by atoms with Crippen LogP contribution in [0.1, 0.15) is 28.3 Å². The minimum atomic E-state index is 0.371. The van der Waals surface area contributed by atoms with Crippen molar-refractivity contribution in [3.63, 3.8) is 0 Å². The molecule has 1 aromatic rings. The maximum atomic E-state index is 5.28. The van der Waals surface area contributed by atoms with Crippen LogP contribution in [0.4, 0.5) is 0 Å². The molecule has 0 radical (unpaired) electrons. The molecule has 16 heavy (non-hydrogen) atoms. The lowest BCUT2D eigenvalue weighted by molar-refractivity contribution is 0.169. The highest BCUT2D eigenvalue weighted by molar-refractivity contribution is 7.98. The van der Waals surface area contributed by atoms with Crippen molar-refractivity contribution < 1.29 is 4.74 Å². The Morgan fingerprint density at radius 3 is 3.12 bits per heavy atom. The van der Waals surface area contributed by atoms with E-state index in [1.54, 1.807) is 17.6 Å². The average molecular weight is 257 g/mol. The Morgan fingerprint density at radius 1 is 1.56 bits per heavy atom. The van der Waals surface area contributed by atoms with Gasteiger partial charge in [-0.1, -0.05) is 6.92 Å². The number of methoxy groups -OCH3 is 1. The molecule has 0 amide bonds. The van der Waals surface area contributed by atoms with E-state index in [1.807, 2.05) is 23.1 Å². The van der Waals surface area contributed by atoms with Gasteiger partial charge in [0.1, 0.15) is 0 Å². The van der Waals surface area contributed by atoms with Gasteiger partial charge in [0.25, 0.3) is 0 Å². The average Bonchev–Trinajstić information content (AvgIpc) is 2.72. The van der Waals surface area contributed by atoms with Gasteiger partial charge < -0.3 is 10.1 Å². The van der Waals surface area contributed by atoms with E-state index in [1.165, 1.54) is 22.8 Å². The zero-order valence-electron chi connectivity index (χ0n) is 9.91. The van der Waals surface area contributed by atoms with Crippen LogP contribution >= 0.6 is 23.1 Å². The SMILES string of the molecule is CCNC(COC)c1cc2c(s1)CCSC2. The molecule has 1 atom stereocenters. The molecule has 1 unspecified atom stereocenters. The summed E-state index contributed by atoms with van der Waals surface area (Å²) in [4.78, 5) is 3.03. The smallest absolute Gasteiger partial charge is 0.0665 e. The largest absolute Gasteiger partial charge is 0.383 e. The number of nitrogens with one attached hydrogen (secondary N) is 1. The molecule has 90 valence electrons. The number of rotatable bonds is 5. The van der Waals surface area contributed by atoms with Crippen LogP contribution in [0.2, 0.25) is 0 Å². The summed E-state index contributed by atoms with van der Waals surface area (Å²) in [7, 11) is 1.77. The Hall–Kier alpha value is -0.0300. The quantitative estimate of drug-likeness (QED) is 0.876. The van der Waals surface area contributed by atoms with Crippen molar-refractivity contribution in [1.29, 1.82) is 0 Å². The summed E-state index contributed by atoms with van der Waals surface area (Å²) in [5.41, 5.74) is 1.55. The molecule has 2 rings (SSSR count). The van der Waals surface area contributed by atoms with E-state index >= 15 is 0 Å². The van der Waals surface area contributed by atoms with E-state index in [-0.39, 0.29) is 0 Å². The zero-order chi connectivity index (χ0) is 11.4. The third-order valence-corrected chi connectivity index (χ3v) is 5.13. The van der Waals surface area contributed by atoms with E-state index in [2.05, 4.69) is 18.3 Å². The number of hydrogen-bond donors (Lipinski definition) is 1. The van der Waals surface area contributed by atoms with Crippen molar-refractivity contribution in [2.45, 2.75) is 25.1 Å². The predicted octanol–water partition coefficient (Wildman–Crippen LogP) is 2.83. The maximum Gasteiger partial charge on any atom is 0.0665 e. The highest BCUT2D eigenvalue weighted by Gasteiger charge is 2.18. The van der Waals surface area contributed by atoms with Crippen molar-refractivity contribution in [2.75, 3.05) is 26.0 Å². The molecule has 2 heterocycles. The van der Waals surface area contributed by atoms with Crippen LogP contribution < -0.4 is 5.32 Å². The van der Waals surface area contributed by atoms with Crippen LogP contribution in [0.25, 0.3) is 0 Å². The normalized spacial score (nSPS) is 17.1. The van der Waals surface area contributed by atoms with Gasteiger partial charge in [0.15, 0.2) is 0 Å². The summed E-state index contributed by atoms with van der Waals surface area (Å²) in [6, 6.07) is 2.74. The number of likely N-dealkylation sites (N-methyl/N-ethyl adjacent to an activating group) is 1.